The zero-order valence-electron chi connectivity index (χ0n) is 9.90. The van der Waals surface area contributed by atoms with Crippen molar-refractivity contribution >= 4 is 23.8 Å². The highest BCUT2D eigenvalue weighted by molar-refractivity contribution is 6.19. The number of imide groups is 2. The van der Waals surface area contributed by atoms with Crippen LogP contribution in [-0.2, 0) is 19.1 Å². The summed E-state index contributed by atoms with van der Waals surface area (Å²) in [7, 11) is 0. The molecule has 0 unspecified atom stereocenters. The molecule has 0 aliphatic carbocycles. The molecule has 1 heterocycles. The second kappa shape index (κ2) is 4.52. The minimum Gasteiger partial charge on any atom is -0.465 e. The average molecular weight is 242 g/mol. The number of ether oxygens (including phenoxy) is 1. The van der Waals surface area contributed by atoms with Crippen molar-refractivity contribution in [1.29, 1.82) is 0 Å². The van der Waals surface area contributed by atoms with Crippen molar-refractivity contribution in [3.05, 3.63) is 0 Å². The van der Waals surface area contributed by atoms with E-state index >= 15 is 0 Å². The number of carbonyl (C=O) groups is 4. The second-order valence-corrected chi connectivity index (χ2v) is 4.08. The van der Waals surface area contributed by atoms with Crippen LogP contribution in [0.3, 0.4) is 0 Å². The van der Waals surface area contributed by atoms with Gasteiger partial charge >= 0.3 is 12.0 Å². The van der Waals surface area contributed by atoms with E-state index in [1.807, 2.05) is 5.32 Å². The maximum Gasteiger partial charge on any atom is 0.331 e. The van der Waals surface area contributed by atoms with Gasteiger partial charge in [-0.25, -0.2) is 4.79 Å². The standard InChI is InChI=1S/C10H14N2O5/c1-4-17-6(13)5-12-8(15)10(2,3)7(14)11-9(12)16/h4-5H2,1-3H3,(H,11,14,16). The Kier molecular flexibility index (Phi) is 3.50. The molecule has 0 saturated carbocycles. The molecule has 0 radical (unpaired) electrons. The molecule has 7 nitrogen and oxygen atoms in total. The molecule has 1 aliphatic rings. The van der Waals surface area contributed by atoms with Crippen molar-refractivity contribution in [2.75, 3.05) is 13.2 Å². The smallest absolute Gasteiger partial charge is 0.331 e. The predicted molar refractivity (Wildman–Crippen MR) is 55.7 cm³/mol. The molecule has 4 amide bonds. The summed E-state index contributed by atoms with van der Waals surface area (Å²) in [4.78, 5) is 46.5. The third-order valence-corrected chi connectivity index (χ3v) is 2.41. The highest BCUT2D eigenvalue weighted by Gasteiger charge is 2.47. The number of amides is 4. The molecule has 1 aliphatic heterocycles. The molecule has 1 fully saturated rings. The van der Waals surface area contributed by atoms with Gasteiger partial charge < -0.3 is 4.74 Å². The molecule has 0 bridgehead atoms. The SMILES string of the molecule is CCOC(=O)CN1C(=O)NC(=O)C(C)(C)C1=O. The maximum atomic E-state index is 11.8. The van der Waals surface area contributed by atoms with E-state index in [9.17, 15) is 19.2 Å². The van der Waals surface area contributed by atoms with E-state index in [0.717, 1.165) is 0 Å². The Hall–Kier alpha value is -1.92. The Bertz CT molecular complexity index is 388. The predicted octanol–water partition coefficient (Wildman–Crippen LogP) is -0.346. The van der Waals surface area contributed by atoms with Gasteiger partial charge in [0.15, 0.2) is 0 Å². The molecular formula is C10H14N2O5. The van der Waals surface area contributed by atoms with Gasteiger partial charge in [-0.3, -0.25) is 24.6 Å². The van der Waals surface area contributed by atoms with E-state index in [4.69, 9.17) is 0 Å². The number of carbonyl (C=O) groups excluding carboxylic acids is 4. The Labute approximate surface area is 98.1 Å². The minimum atomic E-state index is -1.36. The number of nitrogens with zero attached hydrogens (tertiary/aromatic N) is 1. The molecular weight excluding hydrogens is 228 g/mol. The molecule has 0 spiro atoms. The van der Waals surface area contributed by atoms with E-state index in [2.05, 4.69) is 4.74 Å². The highest BCUT2D eigenvalue weighted by atomic mass is 16.5. The lowest BCUT2D eigenvalue weighted by Gasteiger charge is -2.33. The zero-order chi connectivity index (χ0) is 13.2. The monoisotopic (exact) mass is 242 g/mol. The first kappa shape index (κ1) is 13.1. The molecule has 94 valence electrons. The van der Waals surface area contributed by atoms with Gasteiger partial charge in [0.2, 0.25) is 11.8 Å². The fourth-order valence-corrected chi connectivity index (χ4v) is 1.33. The highest BCUT2D eigenvalue weighted by Crippen LogP contribution is 2.23. The number of rotatable bonds is 3. The third-order valence-electron chi connectivity index (χ3n) is 2.41. The van der Waals surface area contributed by atoms with Crippen LogP contribution in [0.5, 0.6) is 0 Å². The first-order valence-corrected chi connectivity index (χ1v) is 5.13. The first-order valence-electron chi connectivity index (χ1n) is 5.13. The lowest BCUT2D eigenvalue weighted by molar-refractivity contribution is -0.155. The van der Waals surface area contributed by atoms with Crippen molar-refractivity contribution in [1.82, 2.24) is 10.2 Å². The lowest BCUT2D eigenvalue weighted by Crippen LogP contribution is -2.62. The molecule has 1 N–H and O–H groups in total. The summed E-state index contributed by atoms with van der Waals surface area (Å²) in [6.07, 6.45) is 0. The number of hydrogen-bond acceptors (Lipinski definition) is 5. The summed E-state index contributed by atoms with van der Waals surface area (Å²) in [5, 5.41) is 2.02. The fourth-order valence-electron chi connectivity index (χ4n) is 1.33. The van der Waals surface area contributed by atoms with Crippen LogP contribution >= 0.6 is 0 Å². The van der Waals surface area contributed by atoms with Crippen molar-refractivity contribution < 1.29 is 23.9 Å². The van der Waals surface area contributed by atoms with Crippen LogP contribution in [0.2, 0.25) is 0 Å². The molecule has 0 aromatic carbocycles. The van der Waals surface area contributed by atoms with E-state index in [-0.39, 0.29) is 6.61 Å². The number of hydrogen-bond donors (Lipinski definition) is 1. The number of urea groups is 1. The van der Waals surface area contributed by atoms with Gasteiger partial charge in [0.05, 0.1) is 6.61 Å². The van der Waals surface area contributed by atoms with Crippen LogP contribution in [-0.4, -0.2) is 41.9 Å². The zero-order valence-corrected chi connectivity index (χ0v) is 9.90. The van der Waals surface area contributed by atoms with Crippen LogP contribution in [0.1, 0.15) is 20.8 Å². The summed E-state index contributed by atoms with van der Waals surface area (Å²) in [5.74, 6) is -2.08. The van der Waals surface area contributed by atoms with Gasteiger partial charge in [-0.1, -0.05) is 0 Å². The maximum absolute atomic E-state index is 11.8. The van der Waals surface area contributed by atoms with Gasteiger partial charge in [0, 0.05) is 0 Å². The fraction of sp³-hybridized carbons (Fsp3) is 0.600. The van der Waals surface area contributed by atoms with E-state index in [1.54, 1.807) is 6.92 Å². The van der Waals surface area contributed by atoms with Gasteiger partial charge in [0.1, 0.15) is 12.0 Å². The summed E-state index contributed by atoms with van der Waals surface area (Å²) in [6.45, 7) is 4.05. The summed E-state index contributed by atoms with van der Waals surface area (Å²) < 4.78 is 4.64. The van der Waals surface area contributed by atoms with Gasteiger partial charge in [-0.15, -0.1) is 0 Å². The Morgan fingerprint density at radius 2 is 1.94 bits per heavy atom. The quantitative estimate of drug-likeness (QED) is 0.539. The molecule has 0 atom stereocenters. The third kappa shape index (κ3) is 2.43. The van der Waals surface area contributed by atoms with E-state index in [0.29, 0.717) is 4.90 Å². The topological polar surface area (TPSA) is 92.8 Å². The van der Waals surface area contributed by atoms with Gasteiger partial charge in [0.25, 0.3) is 0 Å². The number of barbiturate groups is 1. The number of esters is 1. The second-order valence-electron chi connectivity index (χ2n) is 4.08. The summed E-state index contributed by atoms with van der Waals surface area (Å²) in [5.41, 5.74) is -1.36. The Morgan fingerprint density at radius 1 is 1.35 bits per heavy atom. The summed E-state index contributed by atoms with van der Waals surface area (Å²) in [6, 6.07) is -0.896. The van der Waals surface area contributed by atoms with Crippen LogP contribution < -0.4 is 5.32 Å². The van der Waals surface area contributed by atoms with Crippen LogP contribution in [0.25, 0.3) is 0 Å². The lowest BCUT2D eigenvalue weighted by atomic mass is 9.89. The van der Waals surface area contributed by atoms with Gasteiger partial charge in [-0.2, -0.15) is 0 Å². The van der Waals surface area contributed by atoms with Crippen LogP contribution in [0, 0.1) is 5.41 Å². The first-order chi connectivity index (χ1) is 7.80. The van der Waals surface area contributed by atoms with Crippen molar-refractivity contribution in [2.24, 2.45) is 5.41 Å². The van der Waals surface area contributed by atoms with Crippen molar-refractivity contribution in [2.45, 2.75) is 20.8 Å². The average Bonchev–Trinajstić information content (AvgIpc) is 2.23. The van der Waals surface area contributed by atoms with Crippen LogP contribution in [0.4, 0.5) is 4.79 Å². The molecule has 1 saturated heterocycles. The Balaban J connectivity index is 2.85. The normalized spacial score (nSPS) is 19.0. The minimum absolute atomic E-state index is 0.158. The molecule has 7 heteroatoms. The van der Waals surface area contributed by atoms with E-state index < -0.39 is 35.8 Å². The molecule has 1 rings (SSSR count). The largest absolute Gasteiger partial charge is 0.465 e. The molecule has 17 heavy (non-hydrogen) atoms. The van der Waals surface area contributed by atoms with Crippen molar-refractivity contribution in [3.8, 4) is 0 Å². The number of nitrogens with one attached hydrogen (secondary N) is 1. The summed E-state index contributed by atoms with van der Waals surface area (Å²) >= 11 is 0. The Morgan fingerprint density at radius 3 is 2.47 bits per heavy atom. The molecule has 0 aromatic rings. The van der Waals surface area contributed by atoms with E-state index in [1.165, 1.54) is 13.8 Å². The van der Waals surface area contributed by atoms with Crippen molar-refractivity contribution in [3.63, 3.8) is 0 Å². The van der Waals surface area contributed by atoms with Gasteiger partial charge in [-0.05, 0) is 20.8 Å². The van der Waals surface area contributed by atoms with Crippen LogP contribution in [0.15, 0.2) is 0 Å². The molecule has 0 aromatic heterocycles.